The van der Waals surface area contributed by atoms with Crippen molar-refractivity contribution in [1.29, 1.82) is 0 Å². The van der Waals surface area contributed by atoms with Gasteiger partial charge < -0.3 is 11.1 Å². The molecule has 20 heavy (non-hydrogen) atoms. The summed E-state index contributed by atoms with van der Waals surface area (Å²) < 4.78 is 0.765. The van der Waals surface area contributed by atoms with Crippen LogP contribution in [0.5, 0.6) is 0 Å². The normalized spacial score (nSPS) is 10.4. The summed E-state index contributed by atoms with van der Waals surface area (Å²) in [6, 6.07) is 8.99. The molecule has 104 valence electrons. The first kappa shape index (κ1) is 14.9. The van der Waals surface area contributed by atoms with Gasteiger partial charge in [0.15, 0.2) is 0 Å². The van der Waals surface area contributed by atoms with Crippen LogP contribution in [0.1, 0.15) is 21.5 Å². The molecular weight excluding hydrogens is 340 g/mol. The maximum absolute atomic E-state index is 12.4. The van der Waals surface area contributed by atoms with Crippen LogP contribution in [-0.4, -0.2) is 5.91 Å². The minimum atomic E-state index is -0.233. The summed E-state index contributed by atoms with van der Waals surface area (Å²) in [6.45, 7) is 3.75. The van der Waals surface area contributed by atoms with Crippen LogP contribution >= 0.6 is 27.5 Å². The zero-order valence-electron chi connectivity index (χ0n) is 11.1. The predicted molar refractivity (Wildman–Crippen MR) is 87.4 cm³/mol. The van der Waals surface area contributed by atoms with Crippen LogP contribution in [0.2, 0.25) is 5.02 Å². The van der Waals surface area contributed by atoms with Crippen LogP contribution in [0.3, 0.4) is 0 Å². The van der Waals surface area contributed by atoms with Crippen molar-refractivity contribution in [3.8, 4) is 0 Å². The fourth-order valence-electron chi connectivity index (χ4n) is 1.86. The third-order valence-corrected chi connectivity index (χ3v) is 3.81. The highest BCUT2D eigenvalue weighted by Gasteiger charge is 2.13. The van der Waals surface area contributed by atoms with Crippen molar-refractivity contribution < 1.29 is 4.79 Å². The van der Waals surface area contributed by atoms with E-state index in [2.05, 4.69) is 21.2 Å². The van der Waals surface area contributed by atoms with Crippen molar-refractivity contribution >= 4 is 44.8 Å². The molecule has 0 saturated carbocycles. The monoisotopic (exact) mass is 352 g/mol. The van der Waals surface area contributed by atoms with E-state index in [1.54, 1.807) is 18.2 Å². The molecule has 0 fully saturated rings. The Hall–Kier alpha value is -1.52. The minimum absolute atomic E-state index is 0.233. The van der Waals surface area contributed by atoms with Crippen molar-refractivity contribution in [2.45, 2.75) is 13.8 Å². The summed E-state index contributed by atoms with van der Waals surface area (Å²) in [7, 11) is 0. The Morgan fingerprint density at radius 1 is 1.25 bits per heavy atom. The first-order valence-electron chi connectivity index (χ1n) is 6.01. The highest BCUT2D eigenvalue weighted by molar-refractivity contribution is 9.10. The second kappa shape index (κ2) is 5.85. The number of amides is 1. The summed E-state index contributed by atoms with van der Waals surface area (Å²) in [4.78, 5) is 12.4. The number of nitrogens with two attached hydrogens (primary N) is 1. The van der Waals surface area contributed by atoms with Crippen LogP contribution in [0.15, 0.2) is 34.8 Å². The molecule has 1 amide bonds. The molecule has 2 aromatic carbocycles. The number of anilines is 2. The second-order valence-electron chi connectivity index (χ2n) is 4.61. The molecule has 3 nitrogen and oxygen atoms in total. The van der Waals surface area contributed by atoms with Crippen LogP contribution in [0.4, 0.5) is 11.4 Å². The molecule has 0 atom stereocenters. The largest absolute Gasteiger partial charge is 0.398 e. The highest BCUT2D eigenvalue weighted by atomic mass is 79.9. The zero-order chi connectivity index (χ0) is 14.9. The lowest BCUT2D eigenvalue weighted by atomic mass is 10.1. The molecule has 0 heterocycles. The van der Waals surface area contributed by atoms with Crippen LogP contribution < -0.4 is 11.1 Å². The molecule has 0 aliphatic carbocycles. The number of carbonyl (C=O) groups excluding carboxylic acids is 1. The fourth-order valence-corrected chi connectivity index (χ4v) is 2.50. The van der Waals surface area contributed by atoms with Gasteiger partial charge in [-0.3, -0.25) is 4.79 Å². The van der Waals surface area contributed by atoms with Gasteiger partial charge in [-0.1, -0.05) is 33.6 Å². The summed E-state index contributed by atoms with van der Waals surface area (Å²) in [5.74, 6) is -0.233. The van der Waals surface area contributed by atoms with E-state index in [9.17, 15) is 4.79 Å². The molecule has 0 aliphatic heterocycles. The number of hydrogen-bond donors (Lipinski definition) is 2. The van der Waals surface area contributed by atoms with Gasteiger partial charge in [0.05, 0.1) is 10.7 Å². The number of nitrogen functional groups attached to an aromatic ring is 1. The van der Waals surface area contributed by atoms with Gasteiger partial charge in [0, 0.05) is 15.7 Å². The Kier molecular flexibility index (Phi) is 4.35. The van der Waals surface area contributed by atoms with E-state index in [4.69, 9.17) is 17.3 Å². The smallest absolute Gasteiger partial charge is 0.256 e. The Morgan fingerprint density at radius 3 is 2.65 bits per heavy atom. The molecule has 0 bridgehead atoms. The van der Waals surface area contributed by atoms with Gasteiger partial charge in [0.2, 0.25) is 0 Å². The van der Waals surface area contributed by atoms with Gasteiger partial charge in [-0.25, -0.2) is 0 Å². The topological polar surface area (TPSA) is 55.1 Å². The van der Waals surface area contributed by atoms with Crippen molar-refractivity contribution in [2.75, 3.05) is 11.1 Å². The quantitative estimate of drug-likeness (QED) is 0.778. The van der Waals surface area contributed by atoms with E-state index in [0.29, 0.717) is 22.0 Å². The Bertz CT molecular complexity index is 686. The third-order valence-electron chi connectivity index (χ3n) is 3.03. The van der Waals surface area contributed by atoms with Crippen LogP contribution in [-0.2, 0) is 0 Å². The summed E-state index contributed by atoms with van der Waals surface area (Å²) >= 11 is 9.42. The van der Waals surface area contributed by atoms with E-state index < -0.39 is 0 Å². The fraction of sp³-hybridized carbons (Fsp3) is 0.133. The molecule has 0 aliphatic rings. The van der Waals surface area contributed by atoms with Crippen molar-refractivity contribution in [3.05, 3.63) is 56.5 Å². The number of hydrogen-bond acceptors (Lipinski definition) is 2. The number of carbonyl (C=O) groups is 1. The lowest BCUT2D eigenvalue weighted by Gasteiger charge is -2.12. The minimum Gasteiger partial charge on any atom is -0.398 e. The molecule has 2 aromatic rings. The molecule has 0 radical (unpaired) electrons. The van der Waals surface area contributed by atoms with Gasteiger partial charge in [-0.2, -0.15) is 0 Å². The first-order valence-corrected chi connectivity index (χ1v) is 7.18. The van der Waals surface area contributed by atoms with Crippen LogP contribution in [0.25, 0.3) is 0 Å². The number of benzene rings is 2. The molecule has 5 heteroatoms. The second-order valence-corrected chi connectivity index (χ2v) is 5.93. The first-order chi connectivity index (χ1) is 9.38. The van der Waals surface area contributed by atoms with Crippen molar-refractivity contribution in [3.63, 3.8) is 0 Å². The zero-order valence-corrected chi connectivity index (χ0v) is 13.5. The molecule has 2 rings (SSSR count). The van der Waals surface area contributed by atoms with E-state index in [0.717, 1.165) is 15.6 Å². The molecule has 0 unspecified atom stereocenters. The molecule has 0 aromatic heterocycles. The van der Waals surface area contributed by atoms with E-state index in [1.807, 2.05) is 26.0 Å². The Balaban J connectivity index is 2.35. The van der Waals surface area contributed by atoms with Gasteiger partial charge in [-0.05, 0) is 49.2 Å². The number of aryl methyl sites for hydroxylation is 1. The standard InChI is InChI=1S/C15H14BrClN2O/c1-8-3-4-12(17)14(5-8)19-15(20)11-6-10(16)7-13(18)9(11)2/h3-7H,18H2,1-2H3,(H,19,20). The van der Waals surface area contributed by atoms with Gasteiger partial charge in [0.1, 0.15) is 0 Å². The maximum atomic E-state index is 12.4. The molecular formula is C15H14BrClN2O. The number of rotatable bonds is 2. The Labute approximate surface area is 131 Å². The molecule has 0 saturated heterocycles. The SMILES string of the molecule is Cc1ccc(Cl)c(NC(=O)c2cc(Br)cc(N)c2C)c1. The summed E-state index contributed by atoms with van der Waals surface area (Å²) in [6.07, 6.45) is 0. The van der Waals surface area contributed by atoms with Gasteiger partial charge >= 0.3 is 0 Å². The molecule has 3 N–H and O–H groups in total. The lowest BCUT2D eigenvalue weighted by Crippen LogP contribution is -2.14. The summed E-state index contributed by atoms with van der Waals surface area (Å²) in [5.41, 5.74) is 9.32. The predicted octanol–water partition coefficient (Wildman–Crippen LogP) is 4.55. The average Bonchev–Trinajstić information content (AvgIpc) is 2.38. The van der Waals surface area contributed by atoms with Crippen molar-refractivity contribution in [2.24, 2.45) is 0 Å². The molecule has 0 spiro atoms. The van der Waals surface area contributed by atoms with E-state index >= 15 is 0 Å². The average molecular weight is 354 g/mol. The number of halogens is 2. The number of nitrogens with one attached hydrogen (secondary N) is 1. The lowest BCUT2D eigenvalue weighted by molar-refractivity contribution is 0.102. The van der Waals surface area contributed by atoms with E-state index in [-0.39, 0.29) is 5.91 Å². The maximum Gasteiger partial charge on any atom is 0.256 e. The summed E-state index contributed by atoms with van der Waals surface area (Å²) in [5, 5.41) is 3.32. The Morgan fingerprint density at radius 2 is 1.95 bits per heavy atom. The highest BCUT2D eigenvalue weighted by Crippen LogP contribution is 2.26. The van der Waals surface area contributed by atoms with Gasteiger partial charge in [-0.15, -0.1) is 0 Å². The van der Waals surface area contributed by atoms with E-state index in [1.165, 1.54) is 0 Å². The van der Waals surface area contributed by atoms with Gasteiger partial charge in [0.25, 0.3) is 5.91 Å². The van der Waals surface area contributed by atoms with Crippen molar-refractivity contribution in [1.82, 2.24) is 0 Å². The third kappa shape index (κ3) is 3.14. The van der Waals surface area contributed by atoms with Crippen LogP contribution in [0, 0.1) is 13.8 Å².